The van der Waals surface area contributed by atoms with Crippen molar-refractivity contribution in [2.75, 3.05) is 7.05 Å². The zero-order valence-electron chi connectivity index (χ0n) is 18.6. The lowest BCUT2D eigenvalue weighted by Crippen LogP contribution is -2.49. The van der Waals surface area contributed by atoms with E-state index in [2.05, 4.69) is 5.32 Å². The highest BCUT2D eigenvalue weighted by molar-refractivity contribution is 6.30. The highest BCUT2D eigenvalue weighted by atomic mass is 35.5. The molecule has 3 aromatic rings. The molecule has 2 amide bonds. The molecule has 0 saturated heterocycles. The second kappa shape index (κ2) is 11.5. The first-order valence-electron chi connectivity index (χ1n) is 10.8. The number of nitrogens with one attached hydrogen (secondary N) is 1. The number of hydrogen-bond acceptors (Lipinski definition) is 2. The largest absolute Gasteiger partial charge is 0.357 e. The summed E-state index contributed by atoms with van der Waals surface area (Å²) in [6.45, 7) is 2.36. The van der Waals surface area contributed by atoms with Crippen LogP contribution >= 0.6 is 11.6 Å². The molecule has 4 nitrogen and oxygen atoms in total. The van der Waals surface area contributed by atoms with Crippen LogP contribution in [0.4, 0.5) is 0 Å². The molecule has 1 N–H and O–H groups in total. The van der Waals surface area contributed by atoms with Crippen LogP contribution in [-0.2, 0) is 29.0 Å². The Morgan fingerprint density at radius 1 is 0.906 bits per heavy atom. The minimum absolute atomic E-state index is 0.0601. The van der Waals surface area contributed by atoms with Gasteiger partial charge in [-0.2, -0.15) is 0 Å². The van der Waals surface area contributed by atoms with Crippen LogP contribution < -0.4 is 5.32 Å². The second-order valence-electron chi connectivity index (χ2n) is 7.96. The number of aryl methyl sites for hydroxylation is 2. The molecular formula is C27H29ClN2O2. The lowest BCUT2D eigenvalue weighted by Gasteiger charge is -2.31. The van der Waals surface area contributed by atoms with Gasteiger partial charge in [-0.25, -0.2) is 0 Å². The Bertz CT molecular complexity index is 1040. The molecule has 3 aromatic carbocycles. The predicted octanol–water partition coefficient (Wildman–Crippen LogP) is 4.97. The van der Waals surface area contributed by atoms with Crippen LogP contribution in [0.1, 0.15) is 28.7 Å². The van der Waals surface area contributed by atoms with Gasteiger partial charge in [0.2, 0.25) is 11.8 Å². The summed E-state index contributed by atoms with van der Waals surface area (Å²) in [5.41, 5.74) is 4.18. The monoisotopic (exact) mass is 448 g/mol. The highest BCUT2D eigenvalue weighted by Crippen LogP contribution is 2.19. The van der Waals surface area contributed by atoms with Crippen molar-refractivity contribution in [3.63, 3.8) is 0 Å². The molecule has 0 saturated carbocycles. The fourth-order valence-corrected chi connectivity index (χ4v) is 3.92. The smallest absolute Gasteiger partial charge is 0.242 e. The third kappa shape index (κ3) is 6.69. The molecule has 0 spiro atoms. The van der Waals surface area contributed by atoms with Crippen LogP contribution in [0.2, 0.25) is 5.02 Å². The molecule has 1 atom stereocenters. The predicted molar refractivity (Wildman–Crippen MR) is 130 cm³/mol. The zero-order chi connectivity index (χ0) is 22.9. The average molecular weight is 449 g/mol. The van der Waals surface area contributed by atoms with Gasteiger partial charge in [0, 0.05) is 31.5 Å². The Hall–Kier alpha value is -3.11. The minimum Gasteiger partial charge on any atom is -0.357 e. The van der Waals surface area contributed by atoms with E-state index in [0.29, 0.717) is 30.8 Å². The summed E-state index contributed by atoms with van der Waals surface area (Å²) >= 11 is 6.18. The highest BCUT2D eigenvalue weighted by Gasteiger charge is 2.29. The number of amides is 2. The quantitative estimate of drug-likeness (QED) is 0.502. The van der Waals surface area contributed by atoms with Crippen LogP contribution in [0.15, 0.2) is 78.9 Å². The van der Waals surface area contributed by atoms with Crippen LogP contribution in [0.3, 0.4) is 0 Å². The van der Waals surface area contributed by atoms with Crippen LogP contribution in [0.5, 0.6) is 0 Å². The third-order valence-corrected chi connectivity index (χ3v) is 5.74. The normalized spacial score (nSPS) is 11.6. The summed E-state index contributed by atoms with van der Waals surface area (Å²) in [7, 11) is 1.61. The molecule has 3 rings (SSSR count). The second-order valence-corrected chi connectivity index (χ2v) is 8.39. The van der Waals surface area contributed by atoms with Gasteiger partial charge in [0.25, 0.3) is 0 Å². The number of carbonyl (C=O) groups is 2. The Morgan fingerprint density at radius 3 is 2.25 bits per heavy atom. The first kappa shape index (κ1) is 23.6. The number of likely N-dealkylation sites (N-methyl/N-ethyl adjacent to an activating group) is 1. The molecule has 0 fully saturated rings. The molecule has 0 aromatic heterocycles. The summed E-state index contributed by atoms with van der Waals surface area (Å²) in [5, 5.41) is 3.34. The fourth-order valence-electron chi connectivity index (χ4n) is 3.70. The standard InChI is InChI=1S/C27H29ClN2O2/c1-20-11-13-21(14-12-20)15-16-26(31)30(19-23-9-6-10-24(28)17-23)25(27(32)29-2)18-22-7-4-3-5-8-22/h3-14,17,25H,15-16,18-19H2,1-2H3,(H,29,32)/t25-/m1/s1. The van der Waals surface area contributed by atoms with Gasteiger partial charge in [-0.05, 0) is 42.2 Å². The summed E-state index contributed by atoms with van der Waals surface area (Å²) in [6, 6.07) is 24.8. The first-order valence-corrected chi connectivity index (χ1v) is 11.2. The number of carbonyl (C=O) groups excluding carboxylic acids is 2. The van der Waals surface area contributed by atoms with E-state index in [4.69, 9.17) is 11.6 Å². The molecule has 0 aliphatic heterocycles. The maximum Gasteiger partial charge on any atom is 0.242 e. The molecule has 0 radical (unpaired) electrons. The maximum atomic E-state index is 13.4. The number of benzene rings is 3. The van der Waals surface area contributed by atoms with E-state index in [1.807, 2.05) is 79.7 Å². The van der Waals surface area contributed by atoms with Crippen molar-refractivity contribution in [2.24, 2.45) is 0 Å². The first-order chi connectivity index (χ1) is 15.5. The summed E-state index contributed by atoms with van der Waals surface area (Å²) in [6.07, 6.45) is 1.39. The van der Waals surface area contributed by atoms with Crippen molar-refractivity contribution >= 4 is 23.4 Å². The lowest BCUT2D eigenvalue weighted by atomic mass is 10.0. The fraction of sp³-hybridized carbons (Fsp3) is 0.259. The Morgan fingerprint density at radius 2 is 1.59 bits per heavy atom. The summed E-state index contributed by atoms with van der Waals surface area (Å²) in [5.74, 6) is -0.241. The van der Waals surface area contributed by atoms with Gasteiger partial charge in [0.1, 0.15) is 6.04 Å². The molecular weight excluding hydrogens is 420 g/mol. The van der Waals surface area contributed by atoms with E-state index in [0.717, 1.165) is 16.7 Å². The number of hydrogen-bond donors (Lipinski definition) is 1. The summed E-state index contributed by atoms with van der Waals surface area (Å²) in [4.78, 5) is 28.0. The molecule has 32 heavy (non-hydrogen) atoms. The Balaban J connectivity index is 1.86. The van der Waals surface area contributed by atoms with Crippen LogP contribution in [-0.4, -0.2) is 29.8 Å². The van der Waals surface area contributed by atoms with E-state index in [1.54, 1.807) is 18.0 Å². The molecule has 166 valence electrons. The van der Waals surface area contributed by atoms with Crippen molar-refractivity contribution in [3.05, 3.63) is 106 Å². The Kier molecular flexibility index (Phi) is 8.46. The van der Waals surface area contributed by atoms with Gasteiger partial charge in [0.15, 0.2) is 0 Å². The average Bonchev–Trinajstić information content (AvgIpc) is 2.81. The number of halogens is 1. The van der Waals surface area contributed by atoms with Gasteiger partial charge in [-0.3, -0.25) is 9.59 Å². The van der Waals surface area contributed by atoms with Gasteiger partial charge in [-0.1, -0.05) is 83.9 Å². The van der Waals surface area contributed by atoms with Crippen molar-refractivity contribution in [2.45, 2.75) is 38.8 Å². The summed E-state index contributed by atoms with van der Waals surface area (Å²) < 4.78 is 0. The lowest BCUT2D eigenvalue weighted by molar-refractivity contribution is -0.141. The molecule has 0 aliphatic carbocycles. The van der Waals surface area contributed by atoms with E-state index < -0.39 is 6.04 Å². The van der Waals surface area contributed by atoms with Gasteiger partial charge < -0.3 is 10.2 Å². The van der Waals surface area contributed by atoms with Crippen molar-refractivity contribution in [1.82, 2.24) is 10.2 Å². The molecule has 0 aliphatic rings. The number of nitrogens with zero attached hydrogens (tertiary/aromatic N) is 1. The third-order valence-electron chi connectivity index (χ3n) is 5.51. The molecule has 0 unspecified atom stereocenters. The van der Waals surface area contributed by atoms with Gasteiger partial charge in [-0.15, -0.1) is 0 Å². The van der Waals surface area contributed by atoms with E-state index in [1.165, 1.54) is 5.56 Å². The Labute approximate surface area is 195 Å². The number of rotatable bonds is 9. The van der Waals surface area contributed by atoms with Crippen molar-refractivity contribution < 1.29 is 9.59 Å². The molecule has 0 heterocycles. The molecule has 5 heteroatoms. The van der Waals surface area contributed by atoms with Crippen molar-refractivity contribution in [3.8, 4) is 0 Å². The van der Waals surface area contributed by atoms with E-state index in [-0.39, 0.29) is 11.8 Å². The zero-order valence-corrected chi connectivity index (χ0v) is 19.3. The van der Waals surface area contributed by atoms with Gasteiger partial charge >= 0.3 is 0 Å². The van der Waals surface area contributed by atoms with Gasteiger partial charge in [0.05, 0.1) is 0 Å². The minimum atomic E-state index is -0.619. The SMILES string of the molecule is CNC(=O)[C@@H](Cc1ccccc1)N(Cc1cccc(Cl)c1)C(=O)CCc1ccc(C)cc1. The van der Waals surface area contributed by atoms with Crippen molar-refractivity contribution in [1.29, 1.82) is 0 Å². The topological polar surface area (TPSA) is 49.4 Å². The molecule has 0 bridgehead atoms. The van der Waals surface area contributed by atoms with Crippen LogP contribution in [0, 0.1) is 6.92 Å². The van der Waals surface area contributed by atoms with Crippen LogP contribution in [0.25, 0.3) is 0 Å². The maximum absolute atomic E-state index is 13.4. The van der Waals surface area contributed by atoms with E-state index >= 15 is 0 Å². The van der Waals surface area contributed by atoms with E-state index in [9.17, 15) is 9.59 Å².